The van der Waals surface area contributed by atoms with Crippen molar-refractivity contribution in [3.63, 3.8) is 0 Å². The number of benzene rings is 1. The van der Waals surface area contributed by atoms with Gasteiger partial charge >= 0.3 is 0 Å². The zero-order valence-corrected chi connectivity index (χ0v) is 10.8. The molecule has 1 amide bonds. The van der Waals surface area contributed by atoms with Crippen LogP contribution in [0.1, 0.15) is 23.7 Å². The lowest BCUT2D eigenvalue weighted by atomic mass is 10.2. The second-order valence-corrected chi connectivity index (χ2v) is 3.65. The third kappa shape index (κ3) is 5.16. The van der Waals surface area contributed by atoms with Gasteiger partial charge in [0.1, 0.15) is 5.75 Å². The van der Waals surface area contributed by atoms with E-state index in [1.165, 1.54) is 0 Å². The fraction of sp³-hybridized carbons (Fsp3) is 0.462. The highest BCUT2D eigenvalue weighted by atomic mass is 16.7. The average Bonchev–Trinajstić information content (AvgIpc) is 2.41. The van der Waals surface area contributed by atoms with Crippen molar-refractivity contribution in [1.82, 2.24) is 5.48 Å². The van der Waals surface area contributed by atoms with Crippen LogP contribution in [0.3, 0.4) is 0 Å². The molecule has 1 N–H and O–H groups in total. The largest absolute Gasteiger partial charge is 0.494 e. The van der Waals surface area contributed by atoms with E-state index < -0.39 is 0 Å². The van der Waals surface area contributed by atoms with E-state index in [-0.39, 0.29) is 5.91 Å². The van der Waals surface area contributed by atoms with Crippen LogP contribution in [0.2, 0.25) is 0 Å². The SMILES string of the molecule is CCCOc1ccc(C(=O)NOCCOC)cc1. The molecule has 5 nitrogen and oxygen atoms in total. The molecule has 0 bridgehead atoms. The number of hydrogen-bond acceptors (Lipinski definition) is 4. The molecule has 0 unspecified atom stereocenters. The number of nitrogens with one attached hydrogen (secondary N) is 1. The summed E-state index contributed by atoms with van der Waals surface area (Å²) in [6.07, 6.45) is 0.954. The average molecular weight is 253 g/mol. The monoisotopic (exact) mass is 253 g/mol. The van der Waals surface area contributed by atoms with Crippen LogP contribution in [0.25, 0.3) is 0 Å². The molecule has 0 spiro atoms. The van der Waals surface area contributed by atoms with Gasteiger partial charge in [-0.3, -0.25) is 9.63 Å². The van der Waals surface area contributed by atoms with Crippen molar-refractivity contribution >= 4 is 5.91 Å². The van der Waals surface area contributed by atoms with Crippen LogP contribution in [0.4, 0.5) is 0 Å². The highest BCUT2D eigenvalue weighted by Gasteiger charge is 2.05. The normalized spacial score (nSPS) is 10.1. The first kappa shape index (κ1) is 14.5. The van der Waals surface area contributed by atoms with Crippen LogP contribution >= 0.6 is 0 Å². The molecule has 0 radical (unpaired) electrons. The number of rotatable bonds is 8. The zero-order chi connectivity index (χ0) is 13.2. The Labute approximate surface area is 107 Å². The Morgan fingerprint density at radius 1 is 1.17 bits per heavy atom. The highest BCUT2D eigenvalue weighted by Crippen LogP contribution is 2.12. The van der Waals surface area contributed by atoms with Crippen LogP contribution in [0.15, 0.2) is 24.3 Å². The van der Waals surface area contributed by atoms with Crippen molar-refractivity contribution in [3.8, 4) is 5.75 Å². The minimum Gasteiger partial charge on any atom is -0.494 e. The van der Waals surface area contributed by atoms with Gasteiger partial charge in [-0.05, 0) is 30.7 Å². The topological polar surface area (TPSA) is 56.8 Å². The Bertz CT molecular complexity index is 351. The Kier molecular flexibility index (Phi) is 6.83. The van der Waals surface area contributed by atoms with Crippen LogP contribution in [-0.4, -0.2) is 32.8 Å². The summed E-state index contributed by atoms with van der Waals surface area (Å²) >= 11 is 0. The lowest BCUT2D eigenvalue weighted by Crippen LogP contribution is -2.25. The lowest BCUT2D eigenvalue weighted by molar-refractivity contribution is 0.00888. The van der Waals surface area contributed by atoms with Gasteiger partial charge in [0.05, 0.1) is 19.8 Å². The maximum Gasteiger partial charge on any atom is 0.274 e. The molecular weight excluding hydrogens is 234 g/mol. The molecule has 18 heavy (non-hydrogen) atoms. The fourth-order valence-corrected chi connectivity index (χ4v) is 1.22. The zero-order valence-electron chi connectivity index (χ0n) is 10.8. The van der Waals surface area contributed by atoms with E-state index >= 15 is 0 Å². The molecule has 1 aromatic carbocycles. The summed E-state index contributed by atoms with van der Waals surface area (Å²) in [5, 5.41) is 0. The minimum atomic E-state index is -0.284. The first-order valence-corrected chi connectivity index (χ1v) is 5.92. The second-order valence-electron chi connectivity index (χ2n) is 3.65. The maximum atomic E-state index is 11.6. The van der Waals surface area contributed by atoms with Gasteiger partial charge in [-0.25, -0.2) is 5.48 Å². The summed E-state index contributed by atoms with van der Waals surface area (Å²) in [6.45, 7) is 3.47. The smallest absolute Gasteiger partial charge is 0.274 e. The Morgan fingerprint density at radius 2 is 1.89 bits per heavy atom. The maximum absolute atomic E-state index is 11.6. The Balaban J connectivity index is 2.38. The quantitative estimate of drug-likeness (QED) is 0.567. The number of amides is 1. The van der Waals surface area contributed by atoms with Gasteiger partial charge in [0, 0.05) is 12.7 Å². The molecule has 0 aliphatic rings. The van der Waals surface area contributed by atoms with Gasteiger partial charge in [-0.1, -0.05) is 6.92 Å². The van der Waals surface area contributed by atoms with E-state index in [2.05, 4.69) is 5.48 Å². The van der Waals surface area contributed by atoms with E-state index in [4.69, 9.17) is 14.3 Å². The number of carbonyl (C=O) groups excluding carboxylic acids is 1. The van der Waals surface area contributed by atoms with E-state index in [0.717, 1.165) is 12.2 Å². The molecule has 5 heteroatoms. The molecule has 0 heterocycles. The van der Waals surface area contributed by atoms with Gasteiger partial charge < -0.3 is 9.47 Å². The first-order valence-electron chi connectivity index (χ1n) is 5.92. The molecule has 1 aromatic rings. The molecule has 0 fully saturated rings. The molecule has 0 saturated carbocycles. The Morgan fingerprint density at radius 3 is 2.50 bits per heavy atom. The van der Waals surface area contributed by atoms with Crippen molar-refractivity contribution < 1.29 is 19.1 Å². The summed E-state index contributed by atoms with van der Waals surface area (Å²) in [5.41, 5.74) is 2.86. The van der Waals surface area contributed by atoms with Crippen LogP contribution in [0.5, 0.6) is 5.75 Å². The second kappa shape index (κ2) is 8.49. The number of ether oxygens (including phenoxy) is 2. The van der Waals surface area contributed by atoms with Crippen molar-refractivity contribution in [2.45, 2.75) is 13.3 Å². The summed E-state index contributed by atoms with van der Waals surface area (Å²) in [7, 11) is 1.57. The van der Waals surface area contributed by atoms with E-state index in [0.29, 0.717) is 25.4 Å². The molecular formula is C13H19NO4. The van der Waals surface area contributed by atoms with Crippen molar-refractivity contribution in [3.05, 3.63) is 29.8 Å². The molecule has 0 aliphatic carbocycles. The van der Waals surface area contributed by atoms with Crippen LogP contribution < -0.4 is 10.2 Å². The summed E-state index contributed by atoms with van der Waals surface area (Å²) in [4.78, 5) is 16.5. The predicted octanol–water partition coefficient (Wildman–Crippen LogP) is 1.78. The van der Waals surface area contributed by atoms with E-state index in [1.54, 1.807) is 31.4 Å². The van der Waals surface area contributed by atoms with Crippen LogP contribution in [0, 0.1) is 0 Å². The third-order valence-corrected chi connectivity index (χ3v) is 2.14. The molecule has 100 valence electrons. The summed E-state index contributed by atoms with van der Waals surface area (Å²) < 4.78 is 10.2. The standard InChI is InChI=1S/C13H19NO4/c1-3-8-17-12-6-4-11(5-7-12)13(15)14-18-10-9-16-2/h4-7H,3,8-10H2,1-2H3,(H,14,15). The van der Waals surface area contributed by atoms with Gasteiger partial charge in [0.25, 0.3) is 5.91 Å². The van der Waals surface area contributed by atoms with Gasteiger partial charge in [0.2, 0.25) is 0 Å². The Hall–Kier alpha value is -1.59. The molecule has 0 atom stereocenters. The van der Waals surface area contributed by atoms with Crippen molar-refractivity contribution in [2.75, 3.05) is 26.9 Å². The highest BCUT2D eigenvalue weighted by molar-refractivity contribution is 5.93. The third-order valence-electron chi connectivity index (χ3n) is 2.14. The number of hydrogen-bond donors (Lipinski definition) is 1. The van der Waals surface area contributed by atoms with E-state index in [1.807, 2.05) is 6.92 Å². The van der Waals surface area contributed by atoms with Crippen molar-refractivity contribution in [2.24, 2.45) is 0 Å². The van der Waals surface area contributed by atoms with E-state index in [9.17, 15) is 4.79 Å². The minimum absolute atomic E-state index is 0.284. The molecule has 0 aliphatic heterocycles. The fourth-order valence-electron chi connectivity index (χ4n) is 1.22. The lowest BCUT2D eigenvalue weighted by Gasteiger charge is -2.07. The van der Waals surface area contributed by atoms with Gasteiger partial charge in [-0.15, -0.1) is 0 Å². The van der Waals surface area contributed by atoms with Gasteiger partial charge in [-0.2, -0.15) is 0 Å². The summed E-state index contributed by atoms with van der Waals surface area (Å²) in [5.74, 6) is 0.474. The first-order chi connectivity index (χ1) is 8.77. The number of hydroxylamine groups is 1. The molecule has 0 aromatic heterocycles. The summed E-state index contributed by atoms with van der Waals surface area (Å²) in [6, 6.07) is 6.92. The molecule has 0 saturated heterocycles. The van der Waals surface area contributed by atoms with Crippen LogP contribution in [-0.2, 0) is 9.57 Å². The van der Waals surface area contributed by atoms with Gasteiger partial charge in [0.15, 0.2) is 0 Å². The predicted molar refractivity (Wildman–Crippen MR) is 67.5 cm³/mol. The number of carbonyl (C=O) groups is 1. The molecule has 1 rings (SSSR count). The number of methoxy groups -OCH3 is 1. The van der Waals surface area contributed by atoms with Crippen molar-refractivity contribution in [1.29, 1.82) is 0 Å².